The Balaban J connectivity index is 1.70. The molecule has 0 bridgehead atoms. The average molecular weight is 575 g/mol. The minimum Gasteiger partial charge on any atom is -0.508 e. The molecule has 4 amide bonds. The molecule has 0 radical (unpaired) electrons. The van der Waals surface area contributed by atoms with Crippen LogP contribution in [0.25, 0.3) is 0 Å². The van der Waals surface area contributed by atoms with Crippen LogP contribution in [0.15, 0.2) is 30.6 Å². The van der Waals surface area contributed by atoms with Crippen LogP contribution < -0.4 is 16.0 Å². The number of fused-ring (bicyclic) bond motifs is 1. The van der Waals surface area contributed by atoms with Crippen molar-refractivity contribution in [2.24, 2.45) is 0 Å². The number of aliphatic carboxylic acids is 1. The summed E-state index contributed by atoms with van der Waals surface area (Å²) in [5.74, 6) is -5.21. The van der Waals surface area contributed by atoms with E-state index in [1.807, 2.05) is 0 Å². The maximum absolute atomic E-state index is 13.8. The second kappa shape index (κ2) is 10.5. The van der Waals surface area contributed by atoms with E-state index < -0.39 is 57.5 Å². The third kappa shape index (κ3) is 4.49. The number of phenolic OH excluding ortho intramolecular Hbond substituents is 1. The summed E-state index contributed by atoms with van der Waals surface area (Å²) in [6.07, 6.45) is 1.43. The summed E-state index contributed by atoms with van der Waals surface area (Å²) < 4.78 is 3.62. The van der Waals surface area contributed by atoms with E-state index in [0.29, 0.717) is 6.41 Å². The zero-order chi connectivity index (χ0) is 29.4. The van der Waals surface area contributed by atoms with Gasteiger partial charge in [0.05, 0.1) is 17.7 Å². The Kier molecular flexibility index (Phi) is 7.47. The summed E-state index contributed by atoms with van der Waals surface area (Å²) in [7, 11) is 0. The molecule has 40 heavy (non-hydrogen) atoms. The predicted octanol–water partition coefficient (Wildman–Crippen LogP) is -0.531. The highest BCUT2D eigenvalue weighted by molar-refractivity contribution is 8.01. The molecule has 2 aliphatic rings. The van der Waals surface area contributed by atoms with E-state index in [0.717, 1.165) is 23.0 Å². The Hall–Kier alpha value is -4.60. The highest BCUT2D eigenvalue weighted by atomic mass is 32.2. The number of rotatable bonds is 10. The smallest absolute Gasteiger partial charge is 0.357 e. The molecule has 4 atom stereocenters. The lowest BCUT2D eigenvalue weighted by molar-refractivity contribution is -0.176. The van der Waals surface area contributed by atoms with Gasteiger partial charge in [0, 0.05) is 0 Å². The molecular weight excluding hydrogens is 548 g/mol. The van der Waals surface area contributed by atoms with Crippen molar-refractivity contribution in [1.29, 1.82) is 0 Å². The number of aromatic hydroxyl groups is 1. The Morgan fingerprint density at radius 1 is 1.25 bits per heavy atom. The van der Waals surface area contributed by atoms with E-state index in [2.05, 4.69) is 25.9 Å². The number of aromatic nitrogens is 2. The summed E-state index contributed by atoms with van der Waals surface area (Å²) in [6.45, 7) is 4.66. The van der Waals surface area contributed by atoms with Crippen molar-refractivity contribution in [3.8, 4) is 5.75 Å². The van der Waals surface area contributed by atoms with Crippen LogP contribution in [0.2, 0.25) is 0 Å². The van der Waals surface area contributed by atoms with Gasteiger partial charge < -0.3 is 35.9 Å². The largest absolute Gasteiger partial charge is 0.508 e. The van der Waals surface area contributed by atoms with Crippen LogP contribution >= 0.6 is 11.8 Å². The van der Waals surface area contributed by atoms with Crippen LogP contribution in [0.5, 0.6) is 5.75 Å². The van der Waals surface area contributed by atoms with E-state index in [4.69, 9.17) is 4.74 Å². The first kappa shape index (κ1) is 28.4. The molecule has 1 unspecified atom stereocenters. The molecule has 6 N–H and O–H groups in total. The number of amides is 4. The number of β-lactam (4-membered cyclic amide) rings is 1. The van der Waals surface area contributed by atoms with Crippen molar-refractivity contribution in [3.05, 3.63) is 47.5 Å². The van der Waals surface area contributed by atoms with Crippen molar-refractivity contribution in [3.63, 3.8) is 0 Å². The number of phenols is 1. The first-order valence-electron chi connectivity index (χ1n) is 12.0. The quantitative estimate of drug-likeness (QED) is 0.120. The number of carbonyl (C=O) groups is 6. The van der Waals surface area contributed by atoms with Gasteiger partial charge in [0.2, 0.25) is 18.0 Å². The van der Waals surface area contributed by atoms with E-state index in [1.165, 1.54) is 38.1 Å². The van der Waals surface area contributed by atoms with Gasteiger partial charge in [-0.05, 0) is 38.5 Å². The summed E-state index contributed by atoms with van der Waals surface area (Å²) >= 11 is 1.08. The molecule has 0 aliphatic carbocycles. The highest BCUT2D eigenvalue weighted by Gasteiger charge is 2.74. The van der Waals surface area contributed by atoms with E-state index in [1.54, 1.807) is 6.92 Å². The summed E-state index contributed by atoms with van der Waals surface area (Å²) in [5.41, 5.74) is -2.75. The number of carboxylic acids is 1. The average Bonchev–Trinajstić information content (AvgIpc) is 3.47. The van der Waals surface area contributed by atoms with Crippen LogP contribution in [-0.2, 0) is 23.9 Å². The summed E-state index contributed by atoms with van der Waals surface area (Å²) in [5, 5.41) is 26.6. The number of benzene rings is 1. The lowest BCUT2D eigenvalue weighted by Gasteiger charge is -2.49. The summed E-state index contributed by atoms with van der Waals surface area (Å²) in [4.78, 5) is 83.3. The number of nitrogens with zero attached hydrogens (tertiary/aromatic N) is 2. The molecule has 2 saturated heterocycles. The molecule has 1 aromatic carbocycles. The molecule has 2 aromatic rings. The Morgan fingerprint density at radius 2 is 1.93 bits per heavy atom. The minimum absolute atomic E-state index is 0.0297. The van der Waals surface area contributed by atoms with Gasteiger partial charge >= 0.3 is 11.9 Å². The maximum atomic E-state index is 13.8. The van der Waals surface area contributed by atoms with E-state index in [9.17, 15) is 39.0 Å². The molecular formula is C24H26N6O9S. The second-order valence-corrected chi connectivity index (χ2v) is 11.1. The monoisotopic (exact) mass is 574 g/mol. The Bertz CT molecular complexity index is 1380. The summed E-state index contributed by atoms with van der Waals surface area (Å²) in [6, 6.07) is 2.64. The van der Waals surface area contributed by atoms with Gasteiger partial charge in [-0.25, -0.2) is 14.6 Å². The van der Waals surface area contributed by atoms with Gasteiger partial charge in [-0.2, -0.15) is 0 Å². The minimum atomic E-state index is -2.26. The zero-order valence-electron chi connectivity index (χ0n) is 21.5. The fourth-order valence-corrected chi connectivity index (χ4v) is 6.42. The number of imidazole rings is 1. The second-order valence-electron chi connectivity index (χ2n) is 9.34. The third-order valence-corrected chi connectivity index (χ3v) is 8.26. The SMILES string of the molecule is CCOC(=O)c1[nH]cnc1C(=O)NC(C(=O)N[C@@]1(C(=O)O)N2C(=O)[C@@H](NC=O)[C@H]2SC1(C)C)c1ccc(O)cc1. The van der Waals surface area contributed by atoms with Crippen LogP contribution in [0, 0.1) is 0 Å². The van der Waals surface area contributed by atoms with Gasteiger partial charge in [0.15, 0.2) is 11.4 Å². The molecule has 15 nitrogen and oxygen atoms in total. The Labute approximate surface area is 231 Å². The maximum Gasteiger partial charge on any atom is 0.357 e. The van der Waals surface area contributed by atoms with Gasteiger partial charge in [-0.1, -0.05) is 12.1 Å². The molecule has 2 fully saturated rings. The first-order valence-corrected chi connectivity index (χ1v) is 12.8. The number of H-pyrrole nitrogens is 1. The number of esters is 1. The van der Waals surface area contributed by atoms with Crippen molar-refractivity contribution in [2.75, 3.05) is 6.61 Å². The van der Waals surface area contributed by atoms with Gasteiger partial charge in [0.25, 0.3) is 11.8 Å². The van der Waals surface area contributed by atoms with Crippen LogP contribution in [-0.4, -0.2) is 89.6 Å². The number of carboxylic acid groups (broad SMARTS) is 1. The molecule has 3 heterocycles. The molecule has 4 rings (SSSR count). The number of hydrogen-bond acceptors (Lipinski definition) is 10. The number of nitrogens with one attached hydrogen (secondary N) is 4. The molecule has 0 spiro atoms. The standard InChI is InChI=1S/C24H26N6O9S/c1-4-39-21(36)15-14(25-9-26-15)17(33)28-13(11-5-7-12(32)8-6-11)18(34)29-24(22(37)38)23(2,3)40-20-16(27-10-31)19(35)30(20)24/h5-10,13,16,20,32H,4H2,1-3H3,(H,25,26)(H,27,31)(H,28,33)(H,29,34)(H,37,38)/t13?,16-,20-,24+/m1/s1. The fraction of sp³-hybridized carbons (Fsp3) is 0.375. The van der Waals surface area contributed by atoms with E-state index >= 15 is 0 Å². The highest BCUT2D eigenvalue weighted by Crippen LogP contribution is 2.55. The van der Waals surface area contributed by atoms with Gasteiger partial charge in [-0.3, -0.25) is 24.1 Å². The van der Waals surface area contributed by atoms with Crippen LogP contribution in [0.1, 0.15) is 53.4 Å². The molecule has 212 valence electrons. The fourth-order valence-electron chi connectivity index (χ4n) is 4.71. The van der Waals surface area contributed by atoms with Gasteiger partial charge in [0.1, 0.15) is 23.2 Å². The molecule has 2 aliphatic heterocycles. The van der Waals surface area contributed by atoms with Crippen molar-refractivity contribution >= 4 is 47.8 Å². The van der Waals surface area contributed by atoms with E-state index in [-0.39, 0.29) is 29.3 Å². The number of thioether (sulfide) groups is 1. The number of hydrogen-bond donors (Lipinski definition) is 6. The van der Waals surface area contributed by atoms with Gasteiger partial charge in [-0.15, -0.1) is 11.8 Å². The zero-order valence-corrected chi connectivity index (χ0v) is 22.3. The van der Waals surface area contributed by atoms with Crippen LogP contribution in [0.4, 0.5) is 0 Å². The Morgan fingerprint density at radius 3 is 2.52 bits per heavy atom. The topological polar surface area (TPSA) is 220 Å². The molecule has 0 saturated carbocycles. The number of aromatic amines is 1. The third-order valence-electron chi connectivity index (χ3n) is 6.65. The van der Waals surface area contributed by atoms with Crippen molar-refractivity contribution < 1.29 is 43.7 Å². The molecule has 1 aromatic heterocycles. The lowest BCUT2D eigenvalue weighted by atomic mass is 9.88. The lowest BCUT2D eigenvalue weighted by Crippen LogP contribution is -2.80. The molecule has 16 heteroatoms. The number of carbonyl (C=O) groups excluding carboxylic acids is 5. The van der Waals surface area contributed by atoms with Crippen molar-refractivity contribution in [1.82, 2.24) is 30.8 Å². The first-order chi connectivity index (χ1) is 18.9. The predicted molar refractivity (Wildman–Crippen MR) is 137 cm³/mol. The van der Waals surface area contributed by atoms with Crippen molar-refractivity contribution in [2.45, 2.75) is 48.6 Å². The normalized spacial score (nSPS) is 23.3. The number of ether oxygens (including phenoxy) is 1. The van der Waals surface area contributed by atoms with Crippen LogP contribution in [0.3, 0.4) is 0 Å².